The molecule has 0 aromatic carbocycles. The van der Waals surface area contributed by atoms with Crippen LogP contribution in [0.4, 0.5) is 0 Å². The Kier molecular flexibility index (Phi) is 42.4. The largest absolute Gasteiger partial charge is 0.472 e. The van der Waals surface area contributed by atoms with E-state index in [1.54, 1.807) is 6.08 Å². The molecular formula is C54H94N2O6P+. The molecule has 8 nitrogen and oxygen atoms in total. The fourth-order valence-corrected chi connectivity index (χ4v) is 7.06. The first-order chi connectivity index (χ1) is 30.5. The number of nitrogens with one attached hydrogen (secondary N) is 1. The molecule has 3 N–H and O–H groups in total. The van der Waals surface area contributed by atoms with Crippen LogP contribution in [0.5, 0.6) is 0 Å². The number of amides is 1. The van der Waals surface area contributed by atoms with E-state index in [9.17, 15) is 19.4 Å². The summed E-state index contributed by atoms with van der Waals surface area (Å²) in [5.74, 6) is -0.224. The predicted molar refractivity (Wildman–Crippen MR) is 272 cm³/mol. The van der Waals surface area contributed by atoms with Crippen molar-refractivity contribution in [1.29, 1.82) is 0 Å². The Bertz CT molecular complexity index is 1390. The zero-order valence-corrected chi connectivity index (χ0v) is 41.7. The number of allylic oxidation sites excluding steroid dienone is 17. The topological polar surface area (TPSA) is 105 Å². The maximum absolute atomic E-state index is 12.9. The Labute approximate surface area is 387 Å². The number of nitrogens with zero attached hydrogens (tertiary/aromatic N) is 1. The van der Waals surface area contributed by atoms with Gasteiger partial charge < -0.3 is 19.8 Å². The average Bonchev–Trinajstić information content (AvgIpc) is 3.24. The number of phosphoric ester groups is 1. The van der Waals surface area contributed by atoms with E-state index in [2.05, 4.69) is 116 Å². The van der Waals surface area contributed by atoms with Crippen molar-refractivity contribution in [2.24, 2.45) is 0 Å². The molecule has 63 heavy (non-hydrogen) atoms. The van der Waals surface area contributed by atoms with Crippen LogP contribution in [-0.4, -0.2) is 73.4 Å². The standard InChI is InChI=1S/C54H93N2O6P/c1-6-8-10-12-14-16-18-20-22-24-25-26-27-28-29-30-31-32-34-36-38-40-42-44-46-48-54(58)55-52(51-62-63(59,60)61-50-49-56(3,4)5)53(57)47-45-43-41-39-37-35-33-23-21-19-17-15-13-11-9-7-2/h8,10,14,16,20,22,25-26,28-29,31-32,36-39,45,47,52-53,57H,6-7,9,11-13,15,17-19,21,23-24,27,30,33-35,40-44,46,48-51H2,1-5H3,(H-,55,58,59,60)/p+1/b10-8-,16-14-,22-20-,26-25-,29-28-,32-31-,38-36-,39-37+,47-45+. The number of aliphatic hydroxyl groups excluding tert-OH is 1. The van der Waals surface area contributed by atoms with Crippen molar-refractivity contribution >= 4 is 13.7 Å². The number of rotatable bonds is 43. The van der Waals surface area contributed by atoms with Crippen LogP contribution in [0.2, 0.25) is 0 Å². The molecule has 0 radical (unpaired) electrons. The van der Waals surface area contributed by atoms with Gasteiger partial charge in [-0.3, -0.25) is 13.8 Å². The first kappa shape index (κ1) is 60.2. The van der Waals surface area contributed by atoms with E-state index in [1.165, 1.54) is 64.2 Å². The van der Waals surface area contributed by atoms with Gasteiger partial charge in [0, 0.05) is 6.42 Å². The van der Waals surface area contributed by atoms with Crippen molar-refractivity contribution in [1.82, 2.24) is 5.32 Å². The third kappa shape index (κ3) is 47.0. The van der Waals surface area contributed by atoms with E-state index in [0.29, 0.717) is 23.9 Å². The highest BCUT2D eigenvalue weighted by molar-refractivity contribution is 7.47. The molecule has 360 valence electrons. The number of carbonyl (C=O) groups is 1. The van der Waals surface area contributed by atoms with Crippen molar-refractivity contribution in [2.45, 2.75) is 187 Å². The summed E-state index contributed by atoms with van der Waals surface area (Å²) < 4.78 is 23.6. The lowest BCUT2D eigenvalue weighted by Crippen LogP contribution is -2.45. The molecule has 3 atom stereocenters. The molecule has 0 aliphatic carbocycles. The number of phosphoric acid groups is 1. The Morgan fingerprint density at radius 1 is 0.556 bits per heavy atom. The summed E-state index contributed by atoms with van der Waals surface area (Å²) in [7, 11) is 1.51. The molecule has 0 saturated carbocycles. The van der Waals surface area contributed by atoms with Crippen LogP contribution in [0.1, 0.15) is 174 Å². The monoisotopic (exact) mass is 898 g/mol. The Morgan fingerprint density at radius 2 is 0.968 bits per heavy atom. The summed E-state index contributed by atoms with van der Waals surface area (Å²) in [6.07, 6.45) is 64.5. The molecule has 9 heteroatoms. The Balaban J connectivity index is 4.48. The summed E-state index contributed by atoms with van der Waals surface area (Å²) in [6, 6.07) is -0.889. The maximum Gasteiger partial charge on any atom is 0.472 e. The zero-order chi connectivity index (χ0) is 46.4. The molecule has 0 aliphatic rings. The van der Waals surface area contributed by atoms with Crippen molar-refractivity contribution in [3.8, 4) is 0 Å². The van der Waals surface area contributed by atoms with Gasteiger partial charge in [-0.25, -0.2) is 4.57 Å². The van der Waals surface area contributed by atoms with Crippen molar-refractivity contribution in [3.63, 3.8) is 0 Å². The van der Waals surface area contributed by atoms with Gasteiger partial charge in [0.15, 0.2) is 0 Å². The molecule has 1 amide bonds. The van der Waals surface area contributed by atoms with Crippen molar-refractivity contribution in [2.75, 3.05) is 40.9 Å². The third-order valence-corrected chi connectivity index (χ3v) is 11.2. The molecule has 0 aromatic rings. The fraction of sp³-hybridized carbons (Fsp3) is 0.648. The molecule has 0 rings (SSSR count). The Hall–Kier alpha value is -2.84. The van der Waals surface area contributed by atoms with Crippen LogP contribution in [0.3, 0.4) is 0 Å². The van der Waals surface area contributed by atoms with Crippen molar-refractivity contribution in [3.05, 3.63) is 109 Å². The molecule has 3 unspecified atom stereocenters. The van der Waals surface area contributed by atoms with Gasteiger partial charge in [0.1, 0.15) is 13.2 Å². The van der Waals surface area contributed by atoms with Gasteiger partial charge in [-0.15, -0.1) is 0 Å². The minimum atomic E-state index is -4.37. The molecule has 0 spiro atoms. The number of unbranched alkanes of at least 4 members (excludes halogenated alkanes) is 14. The van der Waals surface area contributed by atoms with Gasteiger partial charge in [-0.2, -0.15) is 0 Å². The minimum absolute atomic E-state index is 0.0428. The second-order valence-corrected chi connectivity index (χ2v) is 18.9. The second-order valence-electron chi connectivity index (χ2n) is 17.4. The van der Waals surface area contributed by atoms with Crippen LogP contribution in [-0.2, 0) is 18.4 Å². The first-order valence-corrected chi connectivity index (χ1v) is 26.3. The summed E-state index contributed by atoms with van der Waals surface area (Å²) in [5.41, 5.74) is 0. The SMILES string of the molecule is CC/C=C\C/C=C\C/C=C\C/C=C\C/C=C\C/C=C\C/C=C\CCCCCC(=O)NC(COP(=O)(O)OCC[N+](C)(C)C)C(O)/C=C/CC/C=C/CCCCCCCCCCCC. The van der Waals surface area contributed by atoms with Crippen molar-refractivity contribution < 1.29 is 32.9 Å². The van der Waals surface area contributed by atoms with Crippen LogP contribution in [0.15, 0.2) is 109 Å². The number of hydrogen-bond donors (Lipinski definition) is 3. The predicted octanol–water partition coefficient (Wildman–Crippen LogP) is 14.5. The quantitative estimate of drug-likeness (QED) is 0.0244. The fourth-order valence-electron chi connectivity index (χ4n) is 6.33. The number of hydrogen-bond acceptors (Lipinski definition) is 5. The van der Waals surface area contributed by atoms with Gasteiger partial charge in [-0.1, -0.05) is 187 Å². The summed E-state index contributed by atoms with van der Waals surface area (Å²) in [5, 5.41) is 13.8. The molecule has 0 heterocycles. The summed E-state index contributed by atoms with van der Waals surface area (Å²) >= 11 is 0. The second kappa shape index (κ2) is 44.4. The lowest BCUT2D eigenvalue weighted by atomic mass is 10.1. The van der Waals surface area contributed by atoms with E-state index in [-0.39, 0.29) is 19.1 Å². The van der Waals surface area contributed by atoms with E-state index in [1.807, 2.05) is 27.2 Å². The van der Waals surface area contributed by atoms with Gasteiger partial charge >= 0.3 is 7.82 Å². The lowest BCUT2D eigenvalue weighted by molar-refractivity contribution is -0.870. The highest BCUT2D eigenvalue weighted by atomic mass is 31.2. The number of carbonyl (C=O) groups excluding carboxylic acids is 1. The smallest absolute Gasteiger partial charge is 0.387 e. The van der Waals surface area contributed by atoms with E-state index in [4.69, 9.17) is 9.05 Å². The normalized spacial score (nSPS) is 15.1. The van der Waals surface area contributed by atoms with Gasteiger partial charge in [0.25, 0.3) is 0 Å². The zero-order valence-electron chi connectivity index (χ0n) is 40.8. The van der Waals surface area contributed by atoms with E-state index in [0.717, 1.165) is 83.5 Å². The van der Waals surface area contributed by atoms with Gasteiger partial charge in [0.05, 0.1) is 39.9 Å². The van der Waals surface area contributed by atoms with Crippen LogP contribution >= 0.6 is 7.82 Å². The minimum Gasteiger partial charge on any atom is -0.387 e. The third-order valence-electron chi connectivity index (χ3n) is 10.2. The van der Waals surface area contributed by atoms with Gasteiger partial charge in [-0.05, 0) is 89.9 Å². The first-order valence-electron chi connectivity index (χ1n) is 24.8. The maximum atomic E-state index is 12.9. The van der Waals surface area contributed by atoms with Crippen LogP contribution < -0.4 is 5.32 Å². The lowest BCUT2D eigenvalue weighted by Gasteiger charge is -2.25. The highest BCUT2D eigenvalue weighted by Crippen LogP contribution is 2.43. The molecule has 0 fully saturated rings. The van der Waals surface area contributed by atoms with Crippen LogP contribution in [0.25, 0.3) is 0 Å². The van der Waals surface area contributed by atoms with Crippen LogP contribution in [0, 0.1) is 0 Å². The molecule has 0 aliphatic heterocycles. The molecular weight excluding hydrogens is 804 g/mol. The molecule has 0 aromatic heterocycles. The van der Waals surface area contributed by atoms with Gasteiger partial charge in [0.2, 0.25) is 5.91 Å². The number of likely N-dealkylation sites (N-methyl/N-ethyl adjacent to an activating group) is 1. The molecule has 0 bridgehead atoms. The highest BCUT2D eigenvalue weighted by Gasteiger charge is 2.27. The number of aliphatic hydroxyl groups is 1. The van der Waals surface area contributed by atoms with E-state index < -0.39 is 20.0 Å². The summed E-state index contributed by atoms with van der Waals surface area (Å²) in [4.78, 5) is 23.2. The summed E-state index contributed by atoms with van der Waals surface area (Å²) in [6.45, 7) is 4.63. The molecule has 0 saturated heterocycles. The van der Waals surface area contributed by atoms with E-state index >= 15 is 0 Å². The average molecular weight is 898 g/mol. The number of quaternary nitrogens is 1. The Morgan fingerprint density at radius 3 is 1.46 bits per heavy atom.